The predicted molar refractivity (Wildman–Crippen MR) is 75.6 cm³/mol. The third kappa shape index (κ3) is 4.45. The van der Waals surface area contributed by atoms with Crippen molar-refractivity contribution in [2.75, 3.05) is 12.8 Å². The maximum absolute atomic E-state index is 11.9. The number of halogens is 1. The Balaban J connectivity index is 2.72. The molecule has 0 aliphatic heterocycles. The van der Waals surface area contributed by atoms with Crippen molar-refractivity contribution in [3.63, 3.8) is 0 Å². The fraction of sp³-hybridized carbons (Fsp3) is 0.462. The van der Waals surface area contributed by atoms with E-state index < -0.39 is 0 Å². The van der Waals surface area contributed by atoms with Gasteiger partial charge in [0, 0.05) is 29.8 Å². The first-order chi connectivity index (χ1) is 8.19. The first-order valence-corrected chi connectivity index (χ1v) is 6.14. The van der Waals surface area contributed by atoms with Gasteiger partial charge in [0.15, 0.2) is 0 Å². The van der Waals surface area contributed by atoms with E-state index >= 15 is 0 Å². The third-order valence-corrected chi connectivity index (χ3v) is 2.67. The zero-order chi connectivity index (χ0) is 13.9. The molecule has 0 unspecified atom stereocenters. The van der Waals surface area contributed by atoms with Gasteiger partial charge in [0.2, 0.25) is 0 Å². The Kier molecular flexibility index (Phi) is 4.46. The Morgan fingerprint density at radius 1 is 1.44 bits per heavy atom. The molecule has 0 atom stereocenters. The number of hydrogen-bond donors (Lipinski definition) is 2. The van der Waals surface area contributed by atoms with Crippen LogP contribution in [-0.4, -0.2) is 23.5 Å². The topological polar surface area (TPSA) is 58.4 Å². The Bertz CT molecular complexity index is 440. The maximum atomic E-state index is 11.9. The number of anilines is 1. The molecule has 5 heteroatoms. The lowest BCUT2D eigenvalue weighted by Gasteiger charge is -2.26. The lowest BCUT2D eigenvalue weighted by atomic mass is 10.1. The van der Waals surface area contributed by atoms with Crippen LogP contribution in [0.1, 0.15) is 26.3 Å². The lowest BCUT2D eigenvalue weighted by molar-refractivity contribution is 0.197. The number of nitrogens with two attached hydrogens (primary N) is 1. The molecule has 0 saturated carbocycles. The number of rotatable bonds is 2. The van der Waals surface area contributed by atoms with Crippen LogP contribution in [-0.2, 0) is 6.54 Å². The van der Waals surface area contributed by atoms with E-state index in [-0.39, 0.29) is 11.6 Å². The van der Waals surface area contributed by atoms with Crippen molar-refractivity contribution in [2.45, 2.75) is 32.9 Å². The second kappa shape index (κ2) is 5.48. The van der Waals surface area contributed by atoms with Gasteiger partial charge in [-0.1, -0.05) is 11.6 Å². The first kappa shape index (κ1) is 14.6. The highest BCUT2D eigenvalue weighted by Gasteiger charge is 2.17. The average Bonchev–Trinajstić information content (AvgIpc) is 2.21. The van der Waals surface area contributed by atoms with E-state index in [0.29, 0.717) is 17.3 Å². The van der Waals surface area contributed by atoms with E-state index in [1.54, 1.807) is 30.1 Å². The molecule has 0 fully saturated rings. The van der Waals surface area contributed by atoms with E-state index in [2.05, 4.69) is 5.32 Å². The molecule has 0 heterocycles. The van der Waals surface area contributed by atoms with Crippen LogP contribution in [0.2, 0.25) is 5.02 Å². The van der Waals surface area contributed by atoms with Crippen molar-refractivity contribution in [1.29, 1.82) is 0 Å². The van der Waals surface area contributed by atoms with Crippen LogP contribution in [0.4, 0.5) is 10.5 Å². The number of nitrogens with zero attached hydrogens (tertiary/aromatic N) is 1. The molecule has 18 heavy (non-hydrogen) atoms. The van der Waals surface area contributed by atoms with Crippen LogP contribution in [0, 0.1) is 0 Å². The summed E-state index contributed by atoms with van der Waals surface area (Å²) in [6, 6.07) is 5.12. The van der Waals surface area contributed by atoms with Crippen molar-refractivity contribution in [2.24, 2.45) is 0 Å². The first-order valence-electron chi connectivity index (χ1n) is 5.76. The zero-order valence-electron chi connectivity index (χ0n) is 11.2. The number of urea groups is 1. The minimum absolute atomic E-state index is 0.138. The van der Waals surface area contributed by atoms with Crippen molar-refractivity contribution in [3.05, 3.63) is 28.8 Å². The molecule has 1 rings (SSSR count). The Labute approximate surface area is 113 Å². The zero-order valence-corrected chi connectivity index (χ0v) is 12.0. The van der Waals surface area contributed by atoms with Gasteiger partial charge in [-0.15, -0.1) is 0 Å². The molecule has 0 saturated heterocycles. The molecule has 0 aromatic heterocycles. The average molecular weight is 270 g/mol. The molecule has 0 bridgehead atoms. The van der Waals surface area contributed by atoms with E-state index in [9.17, 15) is 4.79 Å². The van der Waals surface area contributed by atoms with Crippen LogP contribution >= 0.6 is 11.6 Å². The van der Waals surface area contributed by atoms with Crippen LogP contribution in [0.15, 0.2) is 18.2 Å². The van der Waals surface area contributed by atoms with Crippen LogP contribution in [0.3, 0.4) is 0 Å². The summed E-state index contributed by atoms with van der Waals surface area (Å²) in [5.74, 6) is 0. The second-order valence-corrected chi connectivity index (χ2v) is 5.79. The number of nitrogens with one attached hydrogen (secondary N) is 1. The van der Waals surface area contributed by atoms with Crippen molar-refractivity contribution in [1.82, 2.24) is 10.2 Å². The number of carbonyl (C=O) groups is 1. The minimum Gasteiger partial charge on any atom is -0.399 e. The summed E-state index contributed by atoms with van der Waals surface area (Å²) in [5, 5.41) is 3.50. The van der Waals surface area contributed by atoms with Gasteiger partial charge in [-0.3, -0.25) is 0 Å². The number of hydrogen-bond acceptors (Lipinski definition) is 2. The number of amides is 2. The van der Waals surface area contributed by atoms with E-state index in [1.807, 2.05) is 20.8 Å². The molecule has 0 aliphatic rings. The molecule has 2 amide bonds. The van der Waals surface area contributed by atoms with E-state index in [4.69, 9.17) is 17.3 Å². The molecular weight excluding hydrogens is 250 g/mol. The Morgan fingerprint density at radius 2 is 2.06 bits per heavy atom. The van der Waals surface area contributed by atoms with Gasteiger partial charge in [0.05, 0.1) is 0 Å². The van der Waals surface area contributed by atoms with Crippen molar-refractivity contribution < 1.29 is 4.79 Å². The number of benzene rings is 1. The fourth-order valence-corrected chi connectivity index (χ4v) is 1.64. The third-order valence-electron chi connectivity index (χ3n) is 2.31. The highest BCUT2D eigenvalue weighted by molar-refractivity contribution is 6.31. The molecule has 0 aliphatic carbocycles. The van der Waals surface area contributed by atoms with Gasteiger partial charge in [-0.25, -0.2) is 4.79 Å². The molecule has 0 spiro atoms. The van der Waals surface area contributed by atoms with Crippen LogP contribution in [0.25, 0.3) is 0 Å². The molecule has 1 aromatic rings. The monoisotopic (exact) mass is 269 g/mol. The number of nitrogen functional groups attached to an aromatic ring is 1. The highest BCUT2D eigenvalue weighted by atomic mass is 35.5. The summed E-state index contributed by atoms with van der Waals surface area (Å²) < 4.78 is 0. The molecule has 1 aromatic carbocycles. The lowest BCUT2D eigenvalue weighted by Crippen LogP contribution is -2.46. The smallest absolute Gasteiger partial charge is 0.317 e. The van der Waals surface area contributed by atoms with Gasteiger partial charge in [-0.05, 0) is 44.5 Å². The molecule has 100 valence electrons. The predicted octanol–water partition coefficient (Wildman–Crippen LogP) is 2.86. The molecular formula is C13H20ClN3O. The van der Waals surface area contributed by atoms with Gasteiger partial charge in [0.1, 0.15) is 0 Å². The standard InChI is InChI=1S/C13H20ClN3O/c1-13(2,3)16-12(18)17(4)8-9-7-10(15)5-6-11(9)14/h5-7H,8,15H2,1-4H3,(H,16,18). The Morgan fingerprint density at radius 3 is 2.61 bits per heavy atom. The maximum Gasteiger partial charge on any atom is 0.317 e. The van der Waals surface area contributed by atoms with Gasteiger partial charge < -0.3 is 16.0 Å². The van der Waals surface area contributed by atoms with Crippen LogP contribution in [0.5, 0.6) is 0 Å². The summed E-state index contributed by atoms with van der Waals surface area (Å²) in [4.78, 5) is 13.5. The largest absolute Gasteiger partial charge is 0.399 e. The van der Waals surface area contributed by atoms with E-state index in [1.165, 1.54) is 0 Å². The highest BCUT2D eigenvalue weighted by Crippen LogP contribution is 2.20. The summed E-state index contributed by atoms with van der Waals surface area (Å²) in [7, 11) is 1.72. The van der Waals surface area contributed by atoms with Gasteiger partial charge in [-0.2, -0.15) is 0 Å². The quantitative estimate of drug-likeness (QED) is 0.811. The SMILES string of the molecule is CN(Cc1cc(N)ccc1Cl)C(=O)NC(C)(C)C. The van der Waals surface area contributed by atoms with Crippen molar-refractivity contribution in [3.8, 4) is 0 Å². The van der Waals surface area contributed by atoms with Crippen molar-refractivity contribution >= 4 is 23.3 Å². The Hall–Kier alpha value is -1.42. The minimum atomic E-state index is -0.259. The van der Waals surface area contributed by atoms with Crippen LogP contribution < -0.4 is 11.1 Å². The summed E-state index contributed by atoms with van der Waals surface area (Å²) in [6.07, 6.45) is 0. The molecule has 4 nitrogen and oxygen atoms in total. The summed E-state index contributed by atoms with van der Waals surface area (Å²) in [5.41, 5.74) is 6.92. The number of carbonyl (C=O) groups excluding carboxylic acids is 1. The molecule has 3 N–H and O–H groups in total. The van der Waals surface area contributed by atoms with Gasteiger partial charge >= 0.3 is 6.03 Å². The second-order valence-electron chi connectivity index (χ2n) is 5.39. The summed E-state index contributed by atoms with van der Waals surface area (Å²) >= 11 is 6.06. The van der Waals surface area contributed by atoms with Gasteiger partial charge in [0.25, 0.3) is 0 Å². The fourth-order valence-electron chi connectivity index (χ4n) is 1.46. The summed E-state index contributed by atoms with van der Waals surface area (Å²) in [6.45, 7) is 6.23. The van der Waals surface area contributed by atoms with E-state index in [0.717, 1.165) is 5.56 Å². The molecule has 0 radical (unpaired) electrons. The normalized spacial score (nSPS) is 11.2.